The number of rotatable bonds is 2. The first-order valence-electron chi connectivity index (χ1n) is 6.14. The Bertz CT molecular complexity index is 238. The monoisotopic (exact) mass is 211 g/mol. The summed E-state index contributed by atoms with van der Waals surface area (Å²) in [5.74, 6) is -0.214. The number of hydrogen-bond acceptors (Lipinski definition) is 2. The zero-order valence-corrected chi connectivity index (χ0v) is 9.24. The van der Waals surface area contributed by atoms with Gasteiger partial charge < -0.3 is 10.8 Å². The van der Waals surface area contributed by atoms with Crippen LogP contribution in [0.15, 0.2) is 0 Å². The maximum Gasteiger partial charge on any atom is 0.310 e. The molecule has 0 spiro atoms. The van der Waals surface area contributed by atoms with E-state index in [9.17, 15) is 9.90 Å². The Morgan fingerprint density at radius 1 is 1.13 bits per heavy atom. The molecule has 0 saturated heterocycles. The summed E-state index contributed by atoms with van der Waals surface area (Å²) in [4.78, 5) is 11.4. The van der Waals surface area contributed by atoms with Gasteiger partial charge in [-0.25, -0.2) is 0 Å². The minimum absolute atomic E-state index is 0.129. The Balaban J connectivity index is 2.07. The SMILES string of the molecule is NC1CC(C(=O)O)(C2CCCCCC2)C1. The van der Waals surface area contributed by atoms with Crippen molar-refractivity contribution in [1.29, 1.82) is 0 Å². The highest BCUT2D eigenvalue weighted by molar-refractivity contribution is 5.76. The molecular formula is C12H21NO2. The molecule has 0 aliphatic heterocycles. The summed E-state index contributed by atoms with van der Waals surface area (Å²) in [5.41, 5.74) is 5.32. The summed E-state index contributed by atoms with van der Waals surface area (Å²) >= 11 is 0. The van der Waals surface area contributed by atoms with E-state index in [4.69, 9.17) is 5.73 Å². The first-order chi connectivity index (χ1) is 7.15. The second-order valence-corrected chi connectivity index (χ2v) is 5.32. The molecule has 0 radical (unpaired) electrons. The lowest BCUT2D eigenvalue weighted by atomic mass is 9.57. The van der Waals surface area contributed by atoms with Crippen molar-refractivity contribution in [2.75, 3.05) is 0 Å². The number of hydrogen-bond donors (Lipinski definition) is 2. The molecule has 3 heteroatoms. The van der Waals surface area contributed by atoms with E-state index in [-0.39, 0.29) is 6.04 Å². The average Bonchev–Trinajstić information content (AvgIpc) is 2.40. The molecule has 3 nitrogen and oxygen atoms in total. The topological polar surface area (TPSA) is 63.3 Å². The summed E-state index contributed by atoms with van der Waals surface area (Å²) in [5, 5.41) is 9.39. The van der Waals surface area contributed by atoms with Gasteiger partial charge >= 0.3 is 5.97 Å². The zero-order chi connectivity index (χ0) is 10.9. The van der Waals surface area contributed by atoms with E-state index in [0.717, 1.165) is 12.8 Å². The third kappa shape index (κ3) is 1.89. The van der Waals surface area contributed by atoms with Gasteiger partial charge in [-0.2, -0.15) is 0 Å². The molecular weight excluding hydrogens is 190 g/mol. The van der Waals surface area contributed by atoms with Crippen molar-refractivity contribution < 1.29 is 9.90 Å². The lowest BCUT2D eigenvalue weighted by molar-refractivity contribution is -0.162. The first kappa shape index (κ1) is 10.9. The molecule has 0 bridgehead atoms. The highest BCUT2D eigenvalue weighted by Crippen LogP contribution is 2.51. The van der Waals surface area contributed by atoms with Gasteiger partial charge in [0, 0.05) is 6.04 Å². The molecule has 0 atom stereocenters. The third-order valence-electron chi connectivity index (χ3n) is 4.32. The van der Waals surface area contributed by atoms with Crippen LogP contribution in [0.5, 0.6) is 0 Å². The fourth-order valence-electron chi connectivity index (χ4n) is 3.39. The molecule has 0 amide bonds. The molecule has 15 heavy (non-hydrogen) atoms. The van der Waals surface area contributed by atoms with Gasteiger partial charge in [0.1, 0.15) is 0 Å². The van der Waals surface area contributed by atoms with Crippen molar-refractivity contribution in [2.45, 2.75) is 57.4 Å². The molecule has 2 saturated carbocycles. The van der Waals surface area contributed by atoms with Crippen LogP contribution in [0.2, 0.25) is 0 Å². The normalized spacial score (nSPS) is 38.1. The van der Waals surface area contributed by atoms with Crippen LogP contribution in [-0.4, -0.2) is 17.1 Å². The van der Waals surface area contributed by atoms with Gasteiger partial charge in [0.25, 0.3) is 0 Å². The van der Waals surface area contributed by atoms with Gasteiger partial charge in [-0.05, 0) is 31.6 Å². The fourth-order valence-corrected chi connectivity index (χ4v) is 3.39. The van der Waals surface area contributed by atoms with Crippen molar-refractivity contribution in [3.05, 3.63) is 0 Å². The Hall–Kier alpha value is -0.570. The van der Waals surface area contributed by atoms with E-state index in [0.29, 0.717) is 18.8 Å². The first-order valence-corrected chi connectivity index (χ1v) is 6.14. The van der Waals surface area contributed by atoms with Gasteiger partial charge in [-0.3, -0.25) is 4.79 Å². The van der Waals surface area contributed by atoms with Crippen LogP contribution in [0, 0.1) is 11.3 Å². The minimum atomic E-state index is -0.601. The molecule has 0 aromatic carbocycles. The second-order valence-electron chi connectivity index (χ2n) is 5.32. The molecule has 86 valence electrons. The average molecular weight is 211 g/mol. The molecule has 2 aliphatic carbocycles. The van der Waals surface area contributed by atoms with Crippen LogP contribution in [-0.2, 0) is 4.79 Å². The highest BCUT2D eigenvalue weighted by atomic mass is 16.4. The van der Waals surface area contributed by atoms with Crippen molar-refractivity contribution in [3.8, 4) is 0 Å². The van der Waals surface area contributed by atoms with E-state index >= 15 is 0 Å². The Morgan fingerprint density at radius 2 is 1.67 bits per heavy atom. The van der Waals surface area contributed by atoms with E-state index < -0.39 is 11.4 Å². The second kappa shape index (κ2) is 4.12. The maximum atomic E-state index is 11.4. The lowest BCUT2D eigenvalue weighted by Gasteiger charge is -2.48. The van der Waals surface area contributed by atoms with Crippen LogP contribution in [0.3, 0.4) is 0 Å². The summed E-state index contributed by atoms with van der Waals surface area (Å²) in [7, 11) is 0. The lowest BCUT2D eigenvalue weighted by Crippen LogP contribution is -2.55. The van der Waals surface area contributed by atoms with Crippen molar-refractivity contribution in [2.24, 2.45) is 17.1 Å². The molecule has 0 unspecified atom stereocenters. The van der Waals surface area contributed by atoms with Crippen LogP contribution in [0.1, 0.15) is 51.4 Å². The molecule has 2 rings (SSSR count). The van der Waals surface area contributed by atoms with Gasteiger partial charge in [-0.1, -0.05) is 25.7 Å². The van der Waals surface area contributed by atoms with Gasteiger partial charge in [0.05, 0.1) is 5.41 Å². The predicted octanol–water partition coefficient (Wildman–Crippen LogP) is 2.15. The van der Waals surface area contributed by atoms with Crippen molar-refractivity contribution in [3.63, 3.8) is 0 Å². The summed E-state index contributed by atoms with van der Waals surface area (Å²) in [6.07, 6.45) is 8.55. The molecule has 0 aromatic rings. The molecule has 0 heterocycles. The van der Waals surface area contributed by atoms with Crippen LogP contribution < -0.4 is 5.73 Å². The van der Waals surface area contributed by atoms with Gasteiger partial charge in [0.15, 0.2) is 0 Å². The number of carboxylic acid groups (broad SMARTS) is 1. The van der Waals surface area contributed by atoms with Crippen LogP contribution in [0.25, 0.3) is 0 Å². The standard InChI is InChI=1S/C12H21NO2/c13-10-7-12(8-10,11(14)15)9-5-3-1-2-4-6-9/h9-10H,1-8,13H2,(H,14,15). The van der Waals surface area contributed by atoms with Crippen LogP contribution >= 0.6 is 0 Å². The molecule has 2 aliphatic rings. The van der Waals surface area contributed by atoms with Crippen LogP contribution in [0.4, 0.5) is 0 Å². The summed E-state index contributed by atoms with van der Waals surface area (Å²) < 4.78 is 0. The molecule has 2 fully saturated rings. The fraction of sp³-hybridized carbons (Fsp3) is 0.917. The van der Waals surface area contributed by atoms with E-state index in [1.807, 2.05) is 0 Å². The van der Waals surface area contributed by atoms with Crippen molar-refractivity contribution >= 4 is 5.97 Å². The number of aliphatic carboxylic acids is 1. The minimum Gasteiger partial charge on any atom is -0.481 e. The van der Waals surface area contributed by atoms with Gasteiger partial charge in [-0.15, -0.1) is 0 Å². The Morgan fingerprint density at radius 3 is 2.07 bits per heavy atom. The summed E-state index contributed by atoms with van der Waals surface area (Å²) in [6.45, 7) is 0. The molecule has 0 aromatic heterocycles. The van der Waals surface area contributed by atoms with E-state index in [1.54, 1.807) is 0 Å². The highest BCUT2D eigenvalue weighted by Gasteiger charge is 2.53. The number of nitrogens with two attached hydrogens (primary N) is 1. The quantitative estimate of drug-likeness (QED) is 0.688. The largest absolute Gasteiger partial charge is 0.481 e. The Labute approximate surface area is 91.0 Å². The zero-order valence-electron chi connectivity index (χ0n) is 9.24. The summed E-state index contributed by atoms with van der Waals surface area (Å²) in [6, 6.07) is 0.129. The van der Waals surface area contributed by atoms with Gasteiger partial charge in [0.2, 0.25) is 0 Å². The van der Waals surface area contributed by atoms with E-state index in [2.05, 4.69) is 0 Å². The smallest absolute Gasteiger partial charge is 0.310 e. The third-order valence-corrected chi connectivity index (χ3v) is 4.32. The van der Waals surface area contributed by atoms with E-state index in [1.165, 1.54) is 25.7 Å². The molecule has 3 N–H and O–H groups in total. The Kier molecular flexibility index (Phi) is 3.01. The number of carboxylic acids is 1. The number of carbonyl (C=O) groups is 1. The maximum absolute atomic E-state index is 11.4. The predicted molar refractivity (Wildman–Crippen MR) is 58.5 cm³/mol. The van der Waals surface area contributed by atoms with Crippen molar-refractivity contribution in [1.82, 2.24) is 0 Å².